The van der Waals surface area contributed by atoms with Gasteiger partial charge in [-0.2, -0.15) is 0 Å². The van der Waals surface area contributed by atoms with Crippen LogP contribution in [0.3, 0.4) is 0 Å². The van der Waals surface area contributed by atoms with Crippen LogP contribution in [0.15, 0.2) is 23.3 Å². The first kappa shape index (κ1) is 11.3. The summed E-state index contributed by atoms with van der Waals surface area (Å²) >= 11 is 0. The van der Waals surface area contributed by atoms with Gasteiger partial charge in [-0.3, -0.25) is 9.59 Å². The number of methoxy groups -OCH3 is 1. The number of nitrogens with two attached hydrogens (primary N) is 1. The van der Waals surface area contributed by atoms with E-state index in [0.29, 0.717) is 0 Å². The third-order valence-electron chi connectivity index (χ3n) is 1.87. The van der Waals surface area contributed by atoms with Gasteiger partial charge in [-0.1, -0.05) is 0 Å². The molecule has 6 nitrogen and oxygen atoms in total. The maximum atomic E-state index is 11.0. The summed E-state index contributed by atoms with van der Waals surface area (Å²) in [6.45, 7) is 0.139. The second-order valence-electron chi connectivity index (χ2n) is 3.02. The molecule has 0 unspecified atom stereocenters. The lowest BCUT2D eigenvalue weighted by molar-refractivity contribution is -0.142. The third-order valence-corrected chi connectivity index (χ3v) is 1.87. The standard InChI is InChI=1S/C9H12N2O4/c1-15-9(14)6(10)4-11-3-2-7(12)8(13)5-11/h2-3,5-6,13H,4,10H2,1H3/t6-/m0/s1. The Labute approximate surface area is 85.9 Å². The molecule has 1 atom stereocenters. The summed E-state index contributed by atoms with van der Waals surface area (Å²) in [6.07, 6.45) is 2.65. The number of aromatic hydroxyl groups is 1. The van der Waals surface area contributed by atoms with E-state index in [2.05, 4.69) is 4.74 Å². The Morgan fingerprint density at radius 2 is 2.40 bits per heavy atom. The van der Waals surface area contributed by atoms with Crippen molar-refractivity contribution in [2.24, 2.45) is 5.73 Å². The second-order valence-corrected chi connectivity index (χ2v) is 3.02. The van der Waals surface area contributed by atoms with Crippen LogP contribution < -0.4 is 11.2 Å². The Kier molecular flexibility index (Phi) is 3.46. The molecule has 0 aliphatic heterocycles. The van der Waals surface area contributed by atoms with Crippen molar-refractivity contribution in [1.29, 1.82) is 0 Å². The van der Waals surface area contributed by atoms with Crippen LogP contribution in [0.4, 0.5) is 0 Å². The van der Waals surface area contributed by atoms with Gasteiger partial charge in [-0.05, 0) is 0 Å². The lowest BCUT2D eigenvalue weighted by Crippen LogP contribution is -2.35. The molecular weight excluding hydrogens is 200 g/mol. The molecule has 0 amide bonds. The number of rotatable bonds is 3. The average molecular weight is 212 g/mol. The molecule has 0 aliphatic rings. The molecule has 1 aromatic rings. The number of aromatic nitrogens is 1. The minimum absolute atomic E-state index is 0.139. The Bertz CT molecular complexity index is 413. The zero-order valence-corrected chi connectivity index (χ0v) is 8.21. The summed E-state index contributed by atoms with van der Waals surface area (Å²) in [4.78, 5) is 21.8. The van der Waals surface area contributed by atoms with Crippen molar-refractivity contribution in [3.05, 3.63) is 28.7 Å². The normalized spacial score (nSPS) is 12.1. The molecule has 82 valence electrons. The highest BCUT2D eigenvalue weighted by atomic mass is 16.5. The van der Waals surface area contributed by atoms with Crippen LogP contribution >= 0.6 is 0 Å². The van der Waals surface area contributed by atoms with Gasteiger partial charge in [0.15, 0.2) is 5.75 Å². The van der Waals surface area contributed by atoms with E-state index in [0.717, 1.165) is 0 Å². The van der Waals surface area contributed by atoms with Gasteiger partial charge in [0.2, 0.25) is 5.43 Å². The van der Waals surface area contributed by atoms with E-state index >= 15 is 0 Å². The van der Waals surface area contributed by atoms with E-state index in [1.807, 2.05) is 0 Å². The first-order chi connectivity index (χ1) is 7.04. The van der Waals surface area contributed by atoms with E-state index in [4.69, 9.17) is 10.8 Å². The molecule has 0 radical (unpaired) electrons. The molecule has 1 rings (SSSR count). The van der Waals surface area contributed by atoms with Gasteiger partial charge in [-0.25, -0.2) is 0 Å². The topological polar surface area (TPSA) is 94.5 Å². The SMILES string of the molecule is COC(=O)[C@@H](N)Cn1ccc(=O)c(O)c1. The minimum atomic E-state index is -0.822. The fraction of sp³-hybridized carbons (Fsp3) is 0.333. The van der Waals surface area contributed by atoms with Crippen LogP contribution in [0.25, 0.3) is 0 Å². The van der Waals surface area contributed by atoms with Crippen LogP contribution in [-0.2, 0) is 16.1 Å². The molecule has 1 heterocycles. The summed E-state index contributed by atoms with van der Waals surface area (Å²) in [5.74, 6) is -0.928. The number of hydrogen-bond donors (Lipinski definition) is 2. The molecular formula is C9H12N2O4. The van der Waals surface area contributed by atoms with Crippen molar-refractivity contribution < 1.29 is 14.6 Å². The highest BCUT2D eigenvalue weighted by Crippen LogP contribution is 2.00. The summed E-state index contributed by atoms with van der Waals surface area (Å²) in [5.41, 5.74) is 5.02. The van der Waals surface area contributed by atoms with Crippen molar-refractivity contribution in [2.45, 2.75) is 12.6 Å². The van der Waals surface area contributed by atoms with Crippen LogP contribution in [0.5, 0.6) is 5.75 Å². The van der Waals surface area contributed by atoms with E-state index < -0.39 is 17.4 Å². The monoisotopic (exact) mass is 212 g/mol. The zero-order chi connectivity index (χ0) is 11.4. The number of carbonyl (C=O) groups excluding carboxylic acids is 1. The zero-order valence-electron chi connectivity index (χ0n) is 8.21. The molecule has 15 heavy (non-hydrogen) atoms. The fourth-order valence-electron chi connectivity index (χ4n) is 1.08. The molecule has 1 aromatic heterocycles. The van der Waals surface area contributed by atoms with Crippen LogP contribution in [-0.4, -0.2) is 28.8 Å². The first-order valence-electron chi connectivity index (χ1n) is 4.27. The van der Waals surface area contributed by atoms with Crippen molar-refractivity contribution in [2.75, 3.05) is 7.11 Å². The van der Waals surface area contributed by atoms with Crippen LogP contribution in [0.2, 0.25) is 0 Å². The molecule has 0 fully saturated rings. The molecule has 6 heteroatoms. The molecule has 0 saturated heterocycles. The number of carbonyl (C=O) groups is 1. The quantitative estimate of drug-likeness (QED) is 0.630. The second kappa shape index (κ2) is 4.61. The smallest absolute Gasteiger partial charge is 0.324 e. The van der Waals surface area contributed by atoms with Gasteiger partial charge in [-0.15, -0.1) is 0 Å². The largest absolute Gasteiger partial charge is 0.503 e. The van der Waals surface area contributed by atoms with Gasteiger partial charge in [0.05, 0.1) is 7.11 Å². The van der Waals surface area contributed by atoms with Gasteiger partial charge in [0, 0.05) is 25.0 Å². The lowest BCUT2D eigenvalue weighted by atomic mass is 10.3. The molecule has 0 bridgehead atoms. The Balaban J connectivity index is 2.77. The van der Waals surface area contributed by atoms with Crippen molar-refractivity contribution >= 4 is 5.97 Å². The van der Waals surface area contributed by atoms with Crippen LogP contribution in [0.1, 0.15) is 0 Å². The van der Waals surface area contributed by atoms with Crippen LogP contribution in [0, 0.1) is 0 Å². The Hall–Kier alpha value is -1.82. The number of esters is 1. The summed E-state index contributed by atoms with van der Waals surface area (Å²) in [6, 6.07) is 0.371. The van der Waals surface area contributed by atoms with Crippen molar-refractivity contribution in [3.63, 3.8) is 0 Å². The molecule has 3 N–H and O–H groups in total. The van der Waals surface area contributed by atoms with E-state index in [9.17, 15) is 9.59 Å². The number of hydrogen-bond acceptors (Lipinski definition) is 5. The highest BCUT2D eigenvalue weighted by Gasteiger charge is 2.13. The number of ether oxygens (including phenoxy) is 1. The Morgan fingerprint density at radius 1 is 1.73 bits per heavy atom. The predicted octanol–water partition coefficient (Wildman–Crippen LogP) is -0.946. The molecule has 0 aromatic carbocycles. The molecule has 0 saturated carbocycles. The summed E-state index contributed by atoms with van der Waals surface area (Å²) < 4.78 is 5.88. The fourth-order valence-corrected chi connectivity index (χ4v) is 1.08. The number of nitrogens with zero attached hydrogens (tertiary/aromatic N) is 1. The maximum Gasteiger partial charge on any atom is 0.324 e. The van der Waals surface area contributed by atoms with Crippen molar-refractivity contribution in [1.82, 2.24) is 4.57 Å². The van der Waals surface area contributed by atoms with Gasteiger partial charge < -0.3 is 20.1 Å². The Morgan fingerprint density at radius 3 is 2.93 bits per heavy atom. The third kappa shape index (κ3) is 2.81. The first-order valence-corrected chi connectivity index (χ1v) is 4.27. The van der Waals surface area contributed by atoms with E-state index in [1.54, 1.807) is 0 Å². The van der Waals surface area contributed by atoms with E-state index in [-0.39, 0.29) is 12.3 Å². The summed E-state index contributed by atoms with van der Waals surface area (Å²) in [5, 5.41) is 9.12. The van der Waals surface area contributed by atoms with Gasteiger partial charge >= 0.3 is 5.97 Å². The number of pyridine rings is 1. The average Bonchev–Trinajstić information content (AvgIpc) is 2.22. The highest BCUT2D eigenvalue weighted by molar-refractivity contribution is 5.75. The minimum Gasteiger partial charge on any atom is -0.503 e. The molecule has 0 aliphatic carbocycles. The van der Waals surface area contributed by atoms with Gasteiger partial charge in [0.1, 0.15) is 6.04 Å². The van der Waals surface area contributed by atoms with Gasteiger partial charge in [0.25, 0.3) is 0 Å². The maximum absolute atomic E-state index is 11.0. The van der Waals surface area contributed by atoms with Crippen molar-refractivity contribution in [3.8, 4) is 5.75 Å². The van der Waals surface area contributed by atoms with E-state index in [1.165, 1.54) is 30.1 Å². The molecule has 0 spiro atoms. The summed E-state index contributed by atoms with van der Waals surface area (Å²) in [7, 11) is 1.24. The lowest BCUT2D eigenvalue weighted by Gasteiger charge is -2.11. The predicted molar refractivity (Wildman–Crippen MR) is 52.4 cm³/mol.